The van der Waals surface area contributed by atoms with Crippen LogP contribution in [0.4, 0.5) is 0 Å². The maximum absolute atomic E-state index is 5.70. The zero-order valence-corrected chi connectivity index (χ0v) is 14.9. The fourth-order valence-corrected chi connectivity index (χ4v) is 2.58. The van der Waals surface area contributed by atoms with Gasteiger partial charge in [0.15, 0.2) is 11.8 Å². The molecule has 0 unspecified atom stereocenters. The Hall–Kier alpha value is -2.41. The quantitative estimate of drug-likeness (QED) is 0.435. The Kier molecular flexibility index (Phi) is 6.00. The molecule has 0 spiro atoms. The van der Waals surface area contributed by atoms with E-state index in [9.17, 15) is 0 Å². The number of H-pyrrole nitrogens is 1. The average molecular weight is 342 g/mol. The molecule has 2 aromatic rings. The average Bonchev–Trinajstić information content (AvgIpc) is 3.29. The first-order chi connectivity index (χ1) is 12.3. The van der Waals surface area contributed by atoms with E-state index < -0.39 is 0 Å². The number of nitrogens with zero attached hydrogens (tertiary/aromatic N) is 4. The highest BCUT2D eigenvalue weighted by Crippen LogP contribution is 2.28. The molecule has 0 bridgehead atoms. The summed E-state index contributed by atoms with van der Waals surface area (Å²) >= 11 is 0. The summed E-state index contributed by atoms with van der Waals surface area (Å²) in [5, 5.41) is 10.2. The molecule has 0 atom stereocenters. The molecule has 1 aromatic carbocycles. The van der Waals surface area contributed by atoms with Gasteiger partial charge in [-0.15, -0.1) is 0 Å². The van der Waals surface area contributed by atoms with Gasteiger partial charge in [-0.3, -0.25) is 10.1 Å². The van der Waals surface area contributed by atoms with Crippen molar-refractivity contribution in [2.75, 3.05) is 33.9 Å². The smallest absolute Gasteiger partial charge is 0.193 e. The van der Waals surface area contributed by atoms with Crippen molar-refractivity contribution in [3.05, 3.63) is 36.2 Å². The second-order valence-corrected chi connectivity index (χ2v) is 6.38. The maximum Gasteiger partial charge on any atom is 0.193 e. The van der Waals surface area contributed by atoms with Gasteiger partial charge >= 0.3 is 0 Å². The largest absolute Gasteiger partial charge is 0.379 e. The van der Waals surface area contributed by atoms with Crippen LogP contribution < -0.4 is 5.32 Å². The second kappa shape index (κ2) is 8.62. The fourth-order valence-electron chi connectivity index (χ4n) is 2.58. The van der Waals surface area contributed by atoms with Crippen molar-refractivity contribution in [1.82, 2.24) is 25.4 Å². The first-order valence-corrected chi connectivity index (χ1v) is 8.70. The van der Waals surface area contributed by atoms with Gasteiger partial charge in [-0.1, -0.05) is 18.2 Å². The minimum absolute atomic E-state index is 0.696. The first kappa shape index (κ1) is 17.4. The number of aromatic nitrogens is 3. The van der Waals surface area contributed by atoms with Crippen LogP contribution >= 0.6 is 0 Å². The molecule has 0 radical (unpaired) electrons. The molecular formula is C18H26N6O. The topological polar surface area (TPSA) is 78.4 Å². The SMILES string of the molecule is CN=C(NCc1cccc(-c2ncn[nH]2)c1)N(C)CCOCC1CC1. The van der Waals surface area contributed by atoms with E-state index in [4.69, 9.17) is 4.74 Å². The molecule has 1 fully saturated rings. The van der Waals surface area contributed by atoms with E-state index in [1.54, 1.807) is 7.05 Å². The van der Waals surface area contributed by atoms with Crippen molar-refractivity contribution in [2.45, 2.75) is 19.4 Å². The highest BCUT2D eigenvalue weighted by atomic mass is 16.5. The van der Waals surface area contributed by atoms with Gasteiger partial charge in [0.25, 0.3) is 0 Å². The lowest BCUT2D eigenvalue weighted by atomic mass is 10.1. The lowest BCUT2D eigenvalue weighted by molar-refractivity contribution is 0.115. The van der Waals surface area contributed by atoms with Crippen LogP contribution in [0.2, 0.25) is 0 Å². The van der Waals surface area contributed by atoms with Gasteiger partial charge in [-0.25, -0.2) is 4.98 Å². The minimum Gasteiger partial charge on any atom is -0.379 e. The van der Waals surface area contributed by atoms with E-state index in [0.717, 1.165) is 48.6 Å². The van der Waals surface area contributed by atoms with Crippen LogP contribution in [0.15, 0.2) is 35.6 Å². The minimum atomic E-state index is 0.696. The van der Waals surface area contributed by atoms with E-state index in [1.165, 1.54) is 19.2 Å². The van der Waals surface area contributed by atoms with Crippen molar-refractivity contribution in [3.8, 4) is 11.4 Å². The van der Waals surface area contributed by atoms with Crippen LogP contribution in [0.1, 0.15) is 18.4 Å². The van der Waals surface area contributed by atoms with Crippen LogP contribution in [-0.2, 0) is 11.3 Å². The van der Waals surface area contributed by atoms with Gasteiger partial charge < -0.3 is 15.0 Å². The standard InChI is InChI=1S/C18H26N6O/c1-19-18(24(2)8-9-25-12-14-6-7-14)20-11-15-4-3-5-16(10-15)17-21-13-22-23-17/h3-5,10,13-14H,6-9,11-12H2,1-2H3,(H,19,20)(H,21,22,23). The summed E-state index contributed by atoms with van der Waals surface area (Å²) in [5.41, 5.74) is 2.18. The molecule has 1 aliphatic rings. The van der Waals surface area contributed by atoms with Crippen molar-refractivity contribution in [2.24, 2.45) is 10.9 Å². The lowest BCUT2D eigenvalue weighted by Crippen LogP contribution is -2.40. The number of likely N-dealkylation sites (N-methyl/N-ethyl adjacent to an activating group) is 1. The van der Waals surface area contributed by atoms with E-state index in [0.29, 0.717) is 6.54 Å². The van der Waals surface area contributed by atoms with Gasteiger partial charge in [-0.2, -0.15) is 5.10 Å². The molecule has 7 heteroatoms. The molecule has 1 heterocycles. The van der Waals surface area contributed by atoms with Crippen LogP contribution in [0.5, 0.6) is 0 Å². The maximum atomic E-state index is 5.70. The molecule has 3 rings (SSSR count). The number of hydrogen-bond acceptors (Lipinski definition) is 4. The molecule has 1 saturated carbocycles. The Morgan fingerprint density at radius 3 is 3.04 bits per heavy atom. The number of rotatable bonds is 8. The number of guanidine groups is 1. The molecule has 1 aliphatic carbocycles. The van der Waals surface area contributed by atoms with E-state index in [2.05, 4.69) is 42.5 Å². The molecule has 25 heavy (non-hydrogen) atoms. The van der Waals surface area contributed by atoms with Gasteiger partial charge in [0, 0.05) is 39.4 Å². The molecule has 134 valence electrons. The van der Waals surface area contributed by atoms with Gasteiger partial charge in [0.2, 0.25) is 0 Å². The third kappa shape index (κ3) is 5.29. The second-order valence-electron chi connectivity index (χ2n) is 6.38. The summed E-state index contributed by atoms with van der Waals surface area (Å²) < 4.78 is 5.70. The number of aliphatic imine (C=N–C) groups is 1. The van der Waals surface area contributed by atoms with Gasteiger partial charge in [0.05, 0.1) is 6.61 Å². The van der Waals surface area contributed by atoms with Crippen molar-refractivity contribution in [1.29, 1.82) is 0 Å². The number of nitrogens with one attached hydrogen (secondary N) is 2. The highest BCUT2D eigenvalue weighted by molar-refractivity contribution is 5.79. The molecule has 0 amide bonds. The van der Waals surface area contributed by atoms with Crippen LogP contribution in [0, 0.1) is 5.92 Å². The predicted octanol–water partition coefficient (Wildman–Crippen LogP) is 1.91. The van der Waals surface area contributed by atoms with Crippen LogP contribution in [0.25, 0.3) is 11.4 Å². The summed E-state index contributed by atoms with van der Waals surface area (Å²) in [5.74, 6) is 2.44. The Balaban J connectivity index is 1.47. The fraction of sp³-hybridized carbons (Fsp3) is 0.500. The summed E-state index contributed by atoms with van der Waals surface area (Å²) in [6.45, 7) is 3.15. The van der Waals surface area contributed by atoms with Crippen molar-refractivity contribution < 1.29 is 4.74 Å². The molecule has 1 aromatic heterocycles. The van der Waals surface area contributed by atoms with Crippen molar-refractivity contribution in [3.63, 3.8) is 0 Å². The summed E-state index contributed by atoms with van der Waals surface area (Å²) in [6, 6.07) is 8.22. The lowest BCUT2D eigenvalue weighted by Gasteiger charge is -2.22. The van der Waals surface area contributed by atoms with E-state index >= 15 is 0 Å². The first-order valence-electron chi connectivity index (χ1n) is 8.70. The Bertz CT molecular complexity index is 681. The molecule has 0 saturated heterocycles. The third-order valence-corrected chi connectivity index (χ3v) is 4.26. The van der Waals surface area contributed by atoms with Crippen LogP contribution in [0.3, 0.4) is 0 Å². The number of aromatic amines is 1. The number of ether oxygens (including phenoxy) is 1. The Labute approximate surface area is 148 Å². The highest BCUT2D eigenvalue weighted by Gasteiger charge is 2.21. The Morgan fingerprint density at radius 1 is 1.44 bits per heavy atom. The van der Waals surface area contributed by atoms with E-state index in [-0.39, 0.29) is 0 Å². The monoisotopic (exact) mass is 342 g/mol. The summed E-state index contributed by atoms with van der Waals surface area (Å²) in [4.78, 5) is 10.6. The zero-order valence-electron chi connectivity index (χ0n) is 14.9. The summed E-state index contributed by atoms with van der Waals surface area (Å²) in [7, 11) is 3.83. The normalized spacial score (nSPS) is 14.6. The predicted molar refractivity (Wildman–Crippen MR) is 98.2 cm³/mol. The van der Waals surface area contributed by atoms with Gasteiger partial charge in [0.1, 0.15) is 6.33 Å². The van der Waals surface area contributed by atoms with Gasteiger partial charge in [-0.05, 0) is 30.4 Å². The van der Waals surface area contributed by atoms with E-state index in [1.807, 2.05) is 19.2 Å². The zero-order chi connectivity index (χ0) is 17.5. The number of hydrogen-bond donors (Lipinski definition) is 2. The molecule has 7 nitrogen and oxygen atoms in total. The van der Waals surface area contributed by atoms with Crippen molar-refractivity contribution >= 4 is 5.96 Å². The molecule has 0 aliphatic heterocycles. The number of benzene rings is 1. The molecular weight excluding hydrogens is 316 g/mol. The van der Waals surface area contributed by atoms with Crippen LogP contribution in [-0.4, -0.2) is 59.9 Å². The third-order valence-electron chi connectivity index (χ3n) is 4.26. The molecule has 2 N–H and O–H groups in total. The Morgan fingerprint density at radius 2 is 2.32 bits per heavy atom. The summed E-state index contributed by atoms with van der Waals surface area (Å²) in [6.07, 6.45) is 4.17.